The van der Waals surface area contributed by atoms with Crippen LogP contribution in [-0.2, 0) is 4.74 Å². The van der Waals surface area contributed by atoms with Gasteiger partial charge in [-0.2, -0.15) is 0 Å². The quantitative estimate of drug-likeness (QED) is 0.603. The Morgan fingerprint density at radius 3 is 2.54 bits per heavy atom. The molecule has 1 aromatic rings. The second-order valence-corrected chi connectivity index (χ2v) is 5.61. The maximum Gasteiger partial charge on any atom is 0.319 e. The fraction of sp³-hybridized carbons (Fsp3) is 0.529. The first-order valence-corrected chi connectivity index (χ1v) is 8.13. The van der Waals surface area contributed by atoms with Crippen molar-refractivity contribution in [2.75, 3.05) is 51.1 Å². The fourth-order valence-corrected chi connectivity index (χ4v) is 2.10. The molecule has 3 N–H and O–H groups in total. The van der Waals surface area contributed by atoms with Crippen molar-refractivity contribution in [2.24, 2.45) is 0 Å². The number of nitrogens with zero attached hydrogens (tertiary/aromatic N) is 1. The summed E-state index contributed by atoms with van der Waals surface area (Å²) >= 11 is 0. The zero-order valence-electron chi connectivity index (χ0n) is 14.9. The smallest absolute Gasteiger partial charge is 0.319 e. The summed E-state index contributed by atoms with van der Waals surface area (Å²) in [6.45, 7) is 3.56. The highest BCUT2D eigenvalue weighted by molar-refractivity contribution is 6.01. The number of benzene rings is 1. The summed E-state index contributed by atoms with van der Waals surface area (Å²) in [5.41, 5.74) is 1.86. The molecule has 7 heteroatoms. The number of anilines is 2. The Morgan fingerprint density at radius 2 is 1.92 bits per heavy atom. The largest absolute Gasteiger partial charge is 0.383 e. The van der Waals surface area contributed by atoms with E-state index < -0.39 is 0 Å². The molecule has 0 heterocycles. The van der Waals surface area contributed by atoms with Crippen LogP contribution in [0, 0.1) is 0 Å². The maximum atomic E-state index is 12.4. The molecule has 24 heavy (non-hydrogen) atoms. The van der Waals surface area contributed by atoms with E-state index in [2.05, 4.69) is 22.9 Å². The first-order valence-electron chi connectivity index (χ1n) is 8.13. The van der Waals surface area contributed by atoms with Gasteiger partial charge in [-0.1, -0.05) is 13.3 Å². The number of ether oxygens (including phenoxy) is 1. The molecule has 0 radical (unpaired) electrons. The van der Waals surface area contributed by atoms with Gasteiger partial charge in [0.1, 0.15) is 0 Å². The minimum Gasteiger partial charge on any atom is -0.383 e. The van der Waals surface area contributed by atoms with Crippen LogP contribution in [-0.4, -0.2) is 52.8 Å². The first kappa shape index (κ1) is 19.8. The van der Waals surface area contributed by atoms with Gasteiger partial charge in [0.05, 0.1) is 12.2 Å². The van der Waals surface area contributed by atoms with Crippen molar-refractivity contribution >= 4 is 23.3 Å². The predicted molar refractivity (Wildman–Crippen MR) is 96.9 cm³/mol. The van der Waals surface area contributed by atoms with E-state index in [0.717, 1.165) is 18.5 Å². The Morgan fingerprint density at radius 1 is 1.17 bits per heavy atom. The summed E-state index contributed by atoms with van der Waals surface area (Å²) in [4.78, 5) is 26.1. The van der Waals surface area contributed by atoms with Crippen LogP contribution in [0.1, 0.15) is 30.1 Å². The topological polar surface area (TPSA) is 82.7 Å². The number of carbonyl (C=O) groups is 2. The number of hydrogen-bond donors (Lipinski definition) is 3. The molecular weight excluding hydrogens is 308 g/mol. The molecule has 0 saturated carbocycles. The van der Waals surface area contributed by atoms with Crippen molar-refractivity contribution < 1.29 is 14.3 Å². The lowest BCUT2D eigenvalue weighted by atomic mass is 10.1. The van der Waals surface area contributed by atoms with Gasteiger partial charge in [-0.05, 0) is 24.6 Å². The highest BCUT2D eigenvalue weighted by atomic mass is 16.5. The number of carbonyl (C=O) groups excluding carboxylic acids is 2. The van der Waals surface area contributed by atoms with Crippen LogP contribution in [0.15, 0.2) is 18.2 Å². The Labute approximate surface area is 143 Å². The van der Waals surface area contributed by atoms with Gasteiger partial charge in [-0.3, -0.25) is 4.79 Å². The van der Waals surface area contributed by atoms with Gasteiger partial charge in [0.15, 0.2) is 0 Å². The van der Waals surface area contributed by atoms with Crippen molar-refractivity contribution in [1.82, 2.24) is 10.6 Å². The number of rotatable bonds is 9. The lowest BCUT2D eigenvalue weighted by Gasteiger charge is -2.18. The van der Waals surface area contributed by atoms with E-state index in [0.29, 0.717) is 30.9 Å². The first-order chi connectivity index (χ1) is 11.5. The number of urea groups is 1. The number of methoxy groups -OCH3 is 1. The minimum absolute atomic E-state index is 0.203. The van der Waals surface area contributed by atoms with Crippen LogP contribution in [0.3, 0.4) is 0 Å². The summed E-state index contributed by atoms with van der Waals surface area (Å²) in [6.07, 6.45) is 1.95. The molecule has 7 nitrogen and oxygen atoms in total. The van der Waals surface area contributed by atoms with E-state index in [1.165, 1.54) is 0 Å². The molecule has 0 spiro atoms. The highest BCUT2D eigenvalue weighted by Crippen LogP contribution is 2.23. The second-order valence-electron chi connectivity index (χ2n) is 5.61. The Balaban J connectivity index is 2.83. The molecule has 0 bridgehead atoms. The Bertz CT molecular complexity index is 547. The summed E-state index contributed by atoms with van der Waals surface area (Å²) in [5.74, 6) is -0.203. The molecule has 134 valence electrons. The van der Waals surface area contributed by atoms with Crippen molar-refractivity contribution in [3.63, 3.8) is 0 Å². The summed E-state index contributed by atoms with van der Waals surface area (Å²) < 4.78 is 4.94. The normalized spacial score (nSPS) is 10.2. The molecule has 1 rings (SSSR count). The van der Waals surface area contributed by atoms with E-state index >= 15 is 0 Å². The predicted octanol–water partition coefficient (Wildman–Crippen LogP) is 2.05. The molecule has 0 aliphatic heterocycles. The van der Waals surface area contributed by atoms with Crippen LogP contribution in [0.2, 0.25) is 0 Å². The molecule has 0 aliphatic rings. The number of hydrogen-bond acceptors (Lipinski definition) is 4. The molecule has 3 amide bonds. The SMILES string of the molecule is CCCCNC(=O)Nc1ccc(N(C)C)c(C(=O)NCCOC)c1. The fourth-order valence-electron chi connectivity index (χ4n) is 2.10. The van der Waals surface area contributed by atoms with E-state index in [1.807, 2.05) is 25.1 Å². The average Bonchev–Trinajstić information content (AvgIpc) is 2.55. The van der Waals surface area contributed by atoms with Crippen molar-refractivity contribution in [3.05, 3.63) is 23.8 Å². The van der Waals surface area contributed by atoms with Gasteiger partial charge in [0.25, 0.3) is 5.91 Å². The molecular formula is C17H28N4O3. The number of unbranched alkanes of at least 4 members (excludes halogenated alkanes) is 1. The minimum atomic E-state index is -0.271. The number of nitrogens with one attached hydrogen (secondary N) is 3. The van der Waals surface area contributed by atoms with Gasteiger partial charge >= 0.3 is 6.03 Å². The zero-order chi connectivity index (χ0) is 17.9. The zero-order valence-corrected chi connectivity index (χ0v) is 14.9. The Hall–Kier alpha value is -2.28. The molecule has 0 aliphatic carbocycles. The lowest BCUT2D eigenvalue weighted by molar-refractivity contribution is 0.0937. The van der Waals surface area contributed by atoms with Crippen molar-refractivity contribution in [3.8, 4) is 0 Å². The molecule has 0 atom stereocenters. The maximum absolute atomic E-state index is 12.4. The second kappa shape index (κ2) is 10.5. The summed E-state index contributed by atoms with van der Waals surface area (Å²) in [7, 11) is 5.32. The molecule has 0 saturated heterocycles. The van der Waals surface area contributed by atoms with E-state index in [9.17, 15) is 9.59 Å². The third-order valence-electron chi connectivity index (χ3n) is 3.39. The van der Waals surface area contributed by atoms with Crippen LogP contribution >= 0.6 is 0 Å². The summed E-state index contributed by atoms with van der Waals surface area (Å²) in [5, 5.41) is 8.34. The van der Waals surface area contributed by atoms with Crippen LogP contribution < -0.4 is 20.9 Å². The van der Waals surface area contributed by atoms with Gasteiger partial charge in [-0.25, -0.2) is 4.79 Å². The Kier molecular flexibility index (Phi) is 8.64. The van der Waals surface area contributed by atoms with E-state index in [-0.39, 0.29) is 11.9 Å². The van der Waals surface area contributed by atoms with Crippen LogP contribution in [0.4, 0.5) is 16.2 Å². The standard InChI is InChI=1S/C17H28N4O3/c1-5-6-9-19-17(23)20-13-7-8-15(21(2)3)14(12-13)16(22)18-10-11-24-4/h7-8,12H,5-6,9-11H2,1-4H3,(H,18,22)(H2,19,20,23). The van der Waals surface area contributed by atoms with Crippen molar-refractivity contribution in [2.45, 2.75) is 19.8 Å². The summed E-state index contributed by atoms with van der Waals surface area (Å²) in [6, 6.07) is 5.00. The number of amides is 3. The van der Waals surface area contributed by atoms with Gasteiger partial charge < -0.3 is 25.6 Å². The molecule has 1 aromatic carbocycles. The van der Waals surface area contributed by atoms with Gasteiger partial charge in [-0.15, -0.1) is 0 Å². The third-order valence-corrected chi connectivity index (χ3v) is 3.39. The van der Waals surface area contributed by atoms with E-state index in [1.54, 1.807) is 19.2 Å². The van der Waals surface area contributed by atoms with Crippen molar-refractivity contribution in [1.29, 1.82) is 0 Å². The lowest BCUT2D eigenvalue weighted by Crippen LogP contribution is -2.30. The third kappa shape index (κ3) is 6.45. The molecule has 0 aromatic heterocycles. The molecule has 0 unspecified atom stereocenters. The average molecular weight is 336 g/mol. The van der Waals surface area contributed by atoms with Gasteiger partial charge in [0, 0.05) is 45.7 Å². The van der Waals surface area contributed by atoms with Crippen LogP contribution in [0.5, 0.6) is 0 Å². The monoisotopic (exact) mass is 336 g/mol. The molecule has 0 fully saturated rings. The highest BCUT2D eigenvalue weighted by Gasteiger charge is 2.14. The van der Waals surface area contributed by atoms with Gasteiger partial charge in [0.2, 0.25) is 0 Å². The van der Waals surface area contributed by atoms with Crippen LogP contribution in [0.25, 0.3) is 0 Å². The van der Waals surface area contributed by atoms with E-state index in [4.69, 9.17) is 4.74 Å².